The Kier molecular flexibility index (Phi) is 9.47. The van der Waals surface area contributed by atoms with E-state index >= 15 is 0 Å². The van der Waals surface area contributed by atoms with Crippen LogP contribution in [0.2, 0.25) is 10.0 Å². The van der Waals surface area contributed by atoms with Gasteiger partial charge in [-0.05, 0) is 37.5 Å². The van der Waals surface area contributed by atoms with Gasteiger partial charge < -0.3 is 10.2 Å². The summed E-state index contributed by atoms with van der Waals surface area (Å²) >= 11 is 12.1. The van der Waals surface area contributed by atoms with Crippen LogP contribution in [0.4, 0.5) is 5.69 Å². The predicted octanol–water partition coefficient (Wildman–Crippen LogP) is 5.17. The molecule has 0 aliphatic rings. The van der Waals surface area contributed by atoms with E-state index in [0.717, 1.165) is 6.42 Å². The van der Waals surface area contributed by atoms with Gasteiger partial charge in [0.2, 0.25) is 11.8 Å². The molecule has 2 rings (SSSR count). The molecule has 2 aromatic carbocycles. The largest absolute Gasteiger partial charge is 0.352 e. The zero-order valence-corrected chi connectivity index (χ0v) is 19.8. The van der Waals surface area contributed by atoms with Crippen molar-refractivity contribution >= 4 is 40.7 Å². The zero-order chi connectivity index (χ0) is 23.8. The maximum atomic E-state index is 13.4. The number of nitrogens with zero attached hydrogens (tertiary/aromatic N) is 2. The number of amides is 2. The summed E-state index contributed by atoms with van der Waals surface area (Å²) in [5.74, 6) is -0.658. The molecule has 172 valence electrons. The fourth-order valence-corrected chi connectivity index (χ4v) is 3.62. The highest BCUT2D eigenvalue weighted by atomic mass is 35.5. The monoisotopic (exact) mass is 479 g/mol. The molecule has 32 heavy (non-hydrogen) atoms. The molecular formula is C23H27Cl2N3O4. The lowest BCUT2D eigenvalue weighted by molar-refractivity contribution is -0.385. The number of nitro groups is 1. The molecule has 0 unspecified atom stereocenters. The van der Waals surface area contributed by atoms with E-state index in [-0.39, 0.29) is 30.6 Å². The number of hydrogen-bond acceptors (Lipinski definition) is 4. The highest BCUT2D eigenvalue weighted by Gasteiger charge is 2.30. The first-order valence-electron chi connectivity index (χ1n) is 10.4. The Hall–Kier alpha value is -2.64. The number of nitro benzene ring substituents is 1. The average Bonchev–Trinajstić information content (AvgIpc) is 2.76. The number of rotatable bonds is 10. The summed E-state index contributed by atoms with van der Waals surface area (Å²) < 4.78 is 0. The van der Waals surface area contributed by atoms with Gasteiger partial charge in [0.05, 0.1) is 21.4 Å². The van der Waals surface area contributed by atoms with E-state index in [1.807, 2.05) is 20.8 Å². The Morgan fingerprint density at radius 2 is 1.78 bits per heavy atom. The normalized spacial score (nSPS) is 12.7. The maximum absolute atomic E-state index is 13.4. The van der Waals surface area contributed by atoms with E-state index in [4.69, 9.17) is 23.2 Å². The van der Waals surface area contributed by atoms with Gasteiger partial charge in [-0.2, -0.15) is 0 Å². The highest BCUT2D eigenvalue weighted by Crippen LogP contribution is 2.25. The quantitative estimate of drug-likeness (QED) is 0.375. The second-order valence-corrected chi connectivity index (χ2v) is 8.39. The zero-order valence-electron chi connectivity index (χ0n) is 18.3. The maximum Gasteiger partial charge on any atom is 0.273 e. The second kappa shape index (κ2) is 11.8. The number of hydrogen-bond donors (Lipinski definition) is 1. The lowest BCUT2D eigenvalue weighted by Crippen LogP contribution is -2.51. The van der Waals surface area contributed by atoms with Gasteiger partial charge in [-0.3, -0.25) is 19.7 Å². The molecule has 7 nitrogen and oxygen atoms in total. The molecule has 0 aliphatic heterocycles. The van der Waals surface area contributed by atoms with Crippen molar-refractivity contribution in [2.75, 3.05) is 0 Å². The van der Waals surface area contributed by atoms with Crippen molar-refractivity contribution in [3.05, 3.63) is 73.8 Å². The Bertz CT molecular complexity index is 983. The van der Waals surface area contributed by atoms with Gasteiger partial charge in [0.25, 0.3) is 5.69 Å². The molecule has 9 heteroatoms. The lowest BCUT2D eigenvalue weighted by Gasteiger charge is -2.31. The number of para-hydroxylation sites is 1. The minimum absolute atomic E-state index is 0.0475. The first kappa shape index (κ1) is 25.6. The summed E-state index contributed by atoms with van der Waals surface area (Å²) in [5.41, 5.74) is 0.858. The number of carbonyl (C=O) groups is 2. The van der Waals surface area contributed by atoms with E-state index in [0.29, 0.717) is 27.6 Å². The van der Waals surface area contributed by atoms with Crippen molar-refractivity contribution in [2.45, 2.75) is 58.7 Å². The first-order valence-corrected chi connectivity index (χ1v) is 11.2. The van der Waals surface area contributed by atoms with Gasteiger partial charge in [-0.15, -0.1) is 0 Å². The Labute approximate surface area is 197 Å². The van der Waals surface area contributed by atoms with Crippen molar-refractivity contribution in [1.29, 1.82) is 0 Å². The third-order valence-electron chi connectivity index (χ3n) is 5.25. The number of benzene rings is 2. The van der Waals surface area contributed by atoms with Crippen molar-refractivity contribution < 1.29 is 14.5 Å². The Balaban J connectivity index is 2.39. The van der Waals surface area contributed by atoms with E-state index in [1.54, 1.807) is 36.4 Å². The molecule has 0 aliphatic carbocycles. The van der Waals surface area contributed by atoms with Gasteiger partial charge >= 0.3 is 0 Å². The molecule has 2 atom stereocenters. The third kappa shape index (κ3) is 6.68. The SMILES string of the molecule is CC[C@H](C(=O)N[C@@H](C)CC)N(Cc1ccc(Cl)c(Cl)c1)C(=O)Cc1ccccc1[N+](=O)[O-]. The molecule has 0 heterocycles. The molecule has 0 radical (unpaired) electrons. The first-order chi connectivity index (χ1) is 15.2. The molecule has 0 fully saturated rings. The Morgan fingerprint density at radius 3 is 2.38 bits per heavy atom. The van der Waals surface area contributed by atoms with Gasteiger partial charge in [0.1, 0.15) is 6.04 Å². The number of halogens is 2. The minimum atomic E-state index is -0.742. The van der Waals surface area contributed by atoms with Gasteiger partial charge in [-0.1, -0.05) is 61.3 Å². The van der Waals surface area contributed by atoms with Crippen LogP contribution in [0.3, 0.4) is 0 Å². The molecular weight excluding hydrogens is 453 g/mol. The molecule has 0 saturated heterocycles. The summed E-state index contributed by atoms with van der Waals surface area (Å²) in [6, 6.07) is 10.3. The van der Waals surface area contributed by atoms with Crippen LogP contribution in [0.5, 0.6) is 0 Å². The summed E-state index contributed by atoms with van der Waals surface area (Å²) in [4.78, 5) is 38.6. The van der Waals surface area contributed by atoms with Crippen molar-refractivity contribution in [2.24, 2.45) is 0 Å². The van der Waals surface area contributed by atoms with E-state index in [1.165, 1.54) is 11.0 Å². The molecule has 0 spiro atoms. The standard InChI is InChI=1S/C23H27Cl2N3O4/c1-4-15(3)26-23(30)20(5-2)27(14-16-10-11-18(24)19(25)12-16)22(29)13-17-8-6-7-9-21(17)28(31)32/h6-12,15,20H,4-5,13-14H2,1-3H3,(H,26,30)/t15-,20+/m0/s1. The van der Waals surface area contributed by atoms with E-state index in [9.17, 15) is 19.7 Å². The second-order valence-electron chi connectivity index (χ2n) is 7.57. The van der Waals surface area contributed by atoms with Crippen LogP contribution < -0.4 is 5.32 Å². The summed E-state index contributed by atoms with van der Waals surface area (Å²) in [7, 11) is 0. The average molecular weight is 480 g/mol. The third-order valence-corrected chi connectivity index (χ3v) is 5.99. The molecule has 0 bridgehead atoms. The van der Waals surface area contributed by atoms with Crippen LogP contribution in [0.15, 0.2) is 42.5 Å². The van der Waals surface area contributed by atoms with E-state index in [2.05, 4.69) is 5.32 Å². The van der Waals surface area contributed by atoms with Crippen LogP contribution >= 0.6 is 23.2 Å². The fraction of sp³-hybridized carbons (Fsp3) is 0.391. The van der Waals surface area contributed by atoms with Crippen LogP contribution in [-0.4, -0.2) is 33.7 Å². The molecule has 0 saturated carbocycles. The fourth-order valence-electron chi connectivity index (χ4n) is 3.30. The molecule has 2 amide bonds. The Morgan fingerprint density at radius 1 is 1.09 bits per heavy atom. The summed E-state index contributed by atoms with van der Waals surface area (Å²) in [5, 5.41) is 15.0. The van der Waals surface area contributed by atoms with E-state index < -0.39 is 16.9 Å². The van der Waals surface area contributed by atoms with Crippen molar-refractivity contribution in [3.8, 4) is 0 Å². The number of nitrogens with one attached hydrogen (secondary N) is 1. The summed E-state index contributed by atoms with van der Waals surface area (Å²) in [6.45, 7) is 5.78. The van der Waals surface area contributed by atoms with Crippen molar-refractivity contribution in [3.63, 3.8) is 0 Å². The lowest BCUT2D eigenvalue weighted by atomic mass is 10.0. The molecule has 1 N–H and O–H groups in total. The van der Waals surface area contributed by atoms with Gasteiger partial charge in [-0.25, -0.2) is 0 Å². The smallest absolute Gasteiger partial charge is 0.273 e. The minimum Gasteiger partial charge on any atom is -0.352 e. The van der Waals surface area contributed by atoms with Crippen LogP contribution in [0.25, 0.3) is 0 Å². The van der Waals surface area contributed by atoms with Crippen molar-refractivity contribution in [1.82, 2.24) is 10.2 Å². The predicted molar refractivity (Wildman–Crippen MR) is 126 cm³/mol. The van der Waals surface area contributed by atoms with Crippen LogP contribution in [-0.2, 0) is 22.6 Å². The molecule has 2 aromatic rings. The topological polar surface area (TPSA) is 92.6 Å². The van der Waals surface area contributed by atoms with Gasteiger partial charge in [0, 0.05) is 24.2 Å². The van der Waals surface area contributed by atoms with Crippen LogP contribution in [0.1, 0.15) is 44.7 Å². The van der Waals surface area contributed by atoms with Gasteiger partial charge in [0.15, 0.2) is 0 Å². The summed E-state index contributed by atoms with van der Waals surface area (Å²) in [6.07, 6.45) is 0.928. The number of carbonyl (C=O) groups excluding carboxylic acids is 2. The molecule has 0 aromatic heterocycles. The highest BCUT2D eigenvalue weighted by molar-refractivity contribution is 6.42. The van der Waals surface area contributed by atoms with Crippen LogP contribution in [0, 0.1) is 10.1 Å².